The van der Waals surface area contributed by atoms with Gasteiger partial charge in [0.2, 0.25) is 0 Å². The van der Waals surface area contributed by atoms with E-state index in [0.29, 0.717) is 6.54 Å². The monoisotopic (exact) mass is 228 g/mol. The molecular weight excluding hydrogens is 212 g/mol. The Bertz CT molecular complexity index is 288. The lowest BCUT2D eigenvalue weighted by Crippen LogP contribution is -2.42. The van der Waals surface area contributed by atoms with E-state index < -0.39 is 0 Å². The number of rotatable bonds is 5. The number of aliphatic hydroxyl groups is 1. The van der Waals surface area contributed by atoms with Crippen LogP contribution in [0.1, 0.15) is 11.8 Å². The summed E-state index contributed by atoms with van der Waals surface area (Å²) in [6.07, 6.45) is 0.846. The predicted molar refractivity (Wildman–Crippen MR) is 61.1 cm³/mol. The van der Waals surface area contributed by atoms with Crippen LogP contribution in [0.4, 0.5) is 4.79 Å². The highest BCUT2D eigenvalue weighted by Gasteiger charge is 2.04. The van der Waals surface area contributed by atoms with E-state index in [0.717, 1.165) is 6.42 Å². The Labute approximate surface area is 93.3 Å². The summed E-state index contributed by atoms with van der Waals surface area (Å²) in [5, 5.41) is 16.1. The molecule has 0 aliphatic rings. The first kappa shape index (κ1) is 12.0. The molecule has 2 amide bonds. The summed E-state index contributed by atoms with van der Waals surface area (Å²) >= 11 is 1.68. The average Bonchev–Trinajstić information content (AvgIpc) is 2.70. The Morgan fingerprint density at radius 1 is 1.67 bits per heavy atom. The fourth-order valence-corrected chi connectivity index (χ4v) is 1.78. The Kier molecular flexibility index (Phi) is 5.14. The summed E-state index contributed by atoms with van der Waals surface area (Å²) in [6, 6.07) is 3.61. The van der Waals surface area contributed by atoms with Gasteiger partial charge in [-0.3, -0.25) is 0 Å². The third-order valence-electron chi connectivity index (χ3n) is 1.89. The topological polar surface area (TPSA) is 61.4 Å². The molecule has 5 heteroatoms. The van der Waals surface area contributed by atoms with Gasteiger partial charge in [-0.25, -0.2) is 4.79 Å². The fourth-order valence-electron chi connectivity index (χ4n) is 1.07. The summed E-state index contributed by atoms with van der Waals surface area (Å²) in [5.41, 5.74) is 0. The molecule has 0 bridgehead atoms. The number of carbonyl (C=O) groups excluding carboxylic acids is 1. The maximum atomic E-state index is 11.2. The van der Waals surface area contributed by atoms with Crippen molar-refractivity contribution in [3.63, 3.8) is 0 Å². The third kappa shape index (κ3) is 4.80. The molecule has 0 aliphatic heterocycles. The molecule has 0 spiro atoms. The molecule has 1 aromatic rings. The molecule has 0 aliphatic carbocycles. The van der Waals surface area contributed by atoms with E-state index in [9.17, 15) is 4.79 Å². The van der Waals surface area contributed by atoms with Crippen molar-refractivity contribution in [3.05, 3.63) is 22.4 Å². The van der Waals surface area contributed by atoms with Crippen LogP contribution < -0.4 is 10.6 Å². The fraction of sp³-hybridized carbons (Fsp3) is 0.500. The Balaban J connectivity index is 2.12. The van der Waals surface area contributed by atoms with Crippen molar-refractivity contribution < 1.29 is 9.90 Å². The van der Waals surface area contributed by atoms with Crippen LogP contribution in [0.15, 0.2) is 17.5 Å². The number of hydrogen-bond acceptors (Lipinski definition) is 3. The van der Waals surface area contributed by atoms with Gasteiger partial charge in [-0.15, -0.1) is 11.3 Å². The van der Waals surface area contributed by atoms with Crippen LogP contribution in [0.5, 0.6) is 0 Å². The Morgan fingerprint density at radius 3 is 3.07 bits per heavy atom. The molecule has 3 N–H and O–H groups in total. The van der Waals surface area contributed by atoms with Gasteiger partial charge in [0.25, 0.3) is 0 Å². The summed E-state index contributed by atoms with van der Waals surface area (Å²) < 4.78 is 0. The van der Waals surface area contributed by atoms with E-state index in [4.69, 9.17) is 5.11 Å². The summed E-state index contributed by atoms with van der Waals surface area (Å²) in [6.45, 7) is 2.32. The molecule has 15 heavy (non-hydrogen) atoms. The number of carbonyl (C=O) groups is 1. The van der Waals surface area contributed by atoms with Crippen LogP contribution in [0.3, 0.4) is 0 Å². The molecule has 4 nitrogen and oxygen atoms in total. The number of amides is 2. The second-order valence-electron chi connectivity index (χ2n) is 3.31. The van der Waals surface area contributed by atoms with Crippen LogP contribution >= 0.6 is 11.3 Å². The number of hydrogen-bond donors (Lipinski definition) is 3. The van der Waals surface area contributed by atoms with Crippen LogP contribution in [0.2, 0.25) is 0 Å². The van der Waals surface area contributed by atoms with Crippen LogP contribution in [0.25, 0.3) is 0 Å². The van der Waals surface area contributed by atoms with Crippen LogP contribution in [-0.2, 0) is 6.42 Å². The lowest BCUT2D eigenvalue weighted by atomic mass is 10.3. The van der Waals surface area contributed by atoms with Crippen molar-refractivity contribution in [2.75, 3.05) is 13.2 Å². The van der Waals surface area contributed by atoms with Crippen molar-refractivity contribution >= 4 is 17.4 Å². The standard InChI is InChI=1S/C10H16N2O2S/c1-8(7-13)12-10(14)11-5-4-9-3-2-6-15-9/h2-3,6,8,13H,4-5,7H2,1H3,(H2,11,12,14). The molecule has 1 unspecified atom stereocenters. The van der Waals surface area contributed by atoms with Gasteiger partial charge in [-0.2, -0.15) is 0 Å². The molecule has 1 heterocycles. The molecule has 1 rings (SSSR count). The average molecular weight is 228 g/mol. The molecule has 0 aromatic carbocycles. The Hall–Kier alpha value is -1.07. The smallest absolute Gasteiger partial charge is 0.315 e. The molecule has 0 saturated heterocycles. The normalized spacial score (nSPS) is 12.1. The number of thiophene rings is 1. The van der Waals surface area contributed by atoms with E-state index in [1.165, 1.54) is 4.88 Å². The minimum atomic E-state index is -0.229. The zero-order valence-corrected chi connectivity index (χ0v) is 9.51. The van der Waals surface area contributed by atoms with Gasteiger partial charge in [0, 0.05) is 11.4 Å². The molecular formula is C10H16N2O2S. The highest BCUT2D eigenvalue weighted by Crippen LogP contribution is 2.07. The van der Waals surface area contributed by atoms with Gasteiger partial charge in [0.1, 0.15) is 0 Å². The van der Waals surface area contributed by atoms with E-state index in [1.54, 1.807) is 18.3 Å². The highest BCUT2D eigenvalue weighted by molar-refractivity contribution is 7.09. The van der Waals surface area contributed by atoms with Crippen LogP contribution in [0, 0.1) is 0 Å². The van der Waals surface area contributed by atoms with Crippen molar-refractivity contribution in [2.45, 2.75) is 19.4 Å². The van der Waals surface area contributed by atoms with Crippen molar-refractivity contribution in [1.29, 1.82) is 0 Å². The van der Waals surface area contributed by atoms with Gasteiger partial charge < -0.3 is 15.7 Å². The van der Waals surface area contributed by atoms with Gasteiger partial charge in [0.05, 0.1) is 12.6 Å². The van der Waals surface area contributed by atoms with Gasteiger partial charge in [0.15, 0.2) is 0 Å². The van der Waals surface area contributed by atoms with E-state index in [1.807, 2.05) is 17.5 Å². The summed E-state index contributed by atoms with van der Waals surface area (Å²) in [7, 11) is 0. The first-order valence-electron chi connectivity index (χ1n) is 4.90. The number of aliphatic hydroxyl groups excluding tert-OH is 1. The van der Waals surface area contributed by atoms with Crippen molar-refractivity contribution in [3.8, 4) is 0 Å². The van der Waals surface area contributed by atoms with Crippen molar-refractivity contribution in [1.82, 2.24) is 10.6 Å². The van der Waals surface area contributed by atoms with E-state index in [2.05, 4.69) is 10.6 Å². The molecule has 1 atom stereocenters. The molecule has 0 radical (unpaired) electrons. The summed E-state index contributed by atoms with van der Waals surface area (Å²) in [5.74, 6) is 0. The molecule has 1 aromatic heterocycles. The molecule has 0 saturated carbocycles. The zero-order valence-electron chi connectivity index (χ0n) is 8.69. The Morgan fingerprint density at radius 2 is 2.47 bits per heavy atom. The second-order valence-corrected chi connectivity index (χ2v) is 4.35. The first-order valence-corrected chi connectivity index (χ1v) is 5.78. The first-order chi connectivity index (χ1) is 7.22. The minimum absolute atomic E-state index is 0.0433. The lowest BCUT2D eigenvalue weighted by Gasteiger charge is -2.11. The maximum Gasteiger partial charge on any atom is 0.315 e. The van der Waals surface area contributed by atoms with Gasteiger partial charge in [-0.1, -0.05) is 6.07 Å². The maximum absolute atomic E-state index is 11.2. The lowest BCUT2D eigenvalue weighted by molar-refractivity contribution is 0.220. The predicted octanol–water partition coefficient (Wildman–Crippen LogP) is 0.971. The largest absolute Gasteiger partial charge is 0.394 e. The van der Waals surface area contributed by atoms with Gasteiger partial charge in [-0.05, 0) is 24.8 Å². The third-order valence-corrected chi connectivity index (χ3v) is 2.82. The van der Waals surface area contributed by atoms with Crippen molar-refractivity contribution in [2.24, 2.45) is 0 Å². The minimum Gasteiger partial charge on any atom is -0.394 e. The SMILES string of the molecule is CC(CO)NC(=O)NCCc1cccs1. The van der Waals surface area contributed by atoms with Gasteiger partial charge >= 0.3 is 6.03 Å². The quantitative estimate of drug-likeness (QED) is 0.703. The van der Waals surface area contributed by atoms with E-state index in [-0.39, 0.29) is 18.7 Å². The van der Waals surface area contributed by atoms with Crippen LogP contribution in [-0.4, -0.2) is 30.3 Å². The molecule has 0 fully saturated rings. The molecule has 84 valence electrons. The number of urea groups is 1. The summed E-state index contributed by atoms with van der Waals surface area (Å²) in [4.78, 5) is 12.5. The zero-order chi connectivity index (χ0) is 11.1. The highest BCUT2D eigenvalue weighted by atomic mass is 32.1. The number of nitrogens with one attached hydrogen (secondary N) is 2. The second kappa shape index (κ2) is 6.42. The van der Waals surface area contributed by atoms with E-state index >= 15 is 0 Å².